The number of ether oxygens (including phenoxy) is 4. The molecule has 0 fully saturated rings. The summed E-state index contributed by atoms with van der Waals surface area (Å²) in [4.78, 5) is 29.5. The molecular formula is C41H34K2N2O11. The van der Waals surface area contributed by atoms with Crippen molar-refractivity contribution in [3.63, 3.8) is 0 Å². The molecule has 0 spiro atoms. The van der Waals surface area contributed by atoms with E-state index in [-0.39, 0.29) is 114 Å². The minimum atomic E-state index is -2.33. The SMILES string of the molecule is O=C([O-])[O-].O=[N+]([O-])c1ccc(OCc2ccccc2)c(OCc2ccccc2)c1.O=[N+]([O-])c1ccc(OCc2ccccc2)c(OCc2ccccc2)c1.[K+].[K+]. The van der Waals surface area contributed by atoms with Crippen molar-refractivity contribution in [1.29, 1.82) is 0 Å². The Morgan fingerprint density at radius 1 is 0.411 bits per heavy atom. The van der Waals surface area contributed by atoms with E-state index in [1.165, 1.54) is 24.3 Å². The van der Waals surface area contributed by atoms with Gasteiger partial charge in [0.2, 0.25) is 0 Å². The van der Waals surface area contributed by atoms with Crippen LogP contribution in [0.4, 0.5) is 16.2 Å². The van der Waals surface area contributed by atoms with Gasteiger partial charge >= 0.3 is 103 Å². The van der Waals surface area contributed by atoms with Crippen LogP contribution in [0.15, 0.2) is 158 Å². The van der Waals surface area contributed by atoms with Crippen molar-refractivity contribution in [2.45, 2.75) is 26.4 Å². The van der Waals surface area contributed by atoms with Crippen LogP contribution < -0.4 is 132 Å². The standard InChI is InChI=1S/2C20H17NO4.CH2O3.2K/c2*22-21(23)18-11-12-19(24-14-16-7-3-1-4-8-16)20(13-18)25-15-17-9-5-2-6-10-17;2-1(3)4;;/h2*1-13H,14-15H2;(H2,2,3,4);;/q;;;2*+1/p-2. The molecule has 0 aliphatic rings. The molecule has 13 nitrogen and oxygen atoms in total. The molecule has 6 aromatic carbocycles. The van der Waals surface area contributed by atoms with E-state index in [1.54, 1.807) is 12.1 Å². The summed E-state index contributed by atoms with van der Waals surface area (Å²) >= 11 is 0. The van der Waals surface area contributed by atoms with Crippen LogP contribution in [-0.4, -0.2) is 16.0 Å². The van der Waals surface area contributed by atoms with E-state index in [0.29, 0.717) is 49.4 Å². The average Bonchev–Trinajstić information content (AvgIpc) is 3.19. The molecule has 0 saturated heterocycles. The van der Waals surface area contributed by atoms with Crippen LogP contribution in [-0.2, 0) is 26.4 Å². The number of carboxylic acid groups (broad SMARTS) is 2. The third kappa shape index (κ3) is 17.8. The molecule has 0 aliphatic heterocycles. The predicted octanol–water partition coefficient (Wildman–Crippen LogP) is 1.07. The molecule has 0 N–H and O–H groups in total. The predicted molar refractivity (Wildman–Crippen MR) is 195 cm³/mol. The topological polar surface area (TPSA) is 186 Å². The maximum atomic E-state index is 11.0. The van der Waals surface area contributed by atoms with Crippen molar-refractivity contribution in [3.05, 3.63) is 200 Å². The second-order valence-corrected chi connectivity index (χ2v) is 11.1. The summed E-state index contributed by atoms with van der Waals surface area (Å²) in [6.45, 7) is 1.34. The fourth-order valence-electron chi connectivity index (χ4n) is 4.63. The van der Waals surface area contributed by atoms with Gasteiger partial charge in [0.05, 0.1) is 22.0 Å². The van der Waals surface area contributed by atoms with Gasteiger partial charge in [-0.2, -0.15) is 0 Å². The third-order valence-electron chi connectivity index (χ3n) is 7.22. The maximum Gasteiger partial charge on any atom is 1.00 e. The van der Waals surface area contributed by atoms with Crippen LogP contribution in [0.3, 0.4) is 0 Å². The molecule has 6 rings (SSSR count). The normalized spacial score (nSPS) is 9.57. The Kier molecular flexibility index (Phi) is 22.9. The van der Waals surface area contributed by atoms with Gasteiger partial charge in [0.15, 0.2) is 23.0 Å². The first-order valence-electron chi connectivity index (χ1n) is 16.3. The van der Waals surface area contributed by atoms with Gasteiger partial charge in [-0.1, -0.05) is 121 Å². The Morgan fingerprint density at radius 3 is 0.875 bits per heavy atom. The number of hydrogen-bond donors (Lipinski definition) is 0. The molecule has 0 heterocycles. The molecule has 0 unspecified atom stereocenters. The molecule has 15 heteroatoms. The van der Waals surface area contributed by atoms with E-state index in [9.17, 15) is 20.2 Å². The van der Waals surface area contributed by atoms with Gasteiger partial charge in [-0.25, -0.2) is 0 Å². The molecule has 6 aromatic rings. The Labute approximate surface area is 408 Å². The first-order chi connectivity index (χ1) is 26.2. The van der Waals surface area contributed by atoms with Gasteiger partial charge in [-0.3, -0.25) is 20.2 Å². The van der Waals surface area contributed by atoms with E-state index >= 15 is 0 Å². The number of rotatable bonds is 14. The second-order valence-electron chi connectivity index (χ2n) is 11.1. The van der Waals surface area contributed by atoms with Crippen molar-refractivity contribution < 1.29 is 147 Å². The quantitative estimate of drug-likeness (QED) is 0.0871. The average molecular weight is 809 g/mol. The molecule has 56 heavy (non-hydrogen) atoms. The third-order valence-corrected chi connectivity index (χ3v) is 7.22. The number of carbonyl (C=O) groups excluding carboxylic acids is 1. The monoisotopic (exact) mass is 808 g/mol. The summed E-state index contributed by atoms with van der Waals surface area (Å²) in [5, 5.41) is 38.7. The fourth-order valence-corrected chi connectivity index (χ4v) is 4.63. The van der Waals surface area contributed by atoms with Crippen molar-refractivity contribution in [2.75, 3.05) is 0 Å². The molecular weight excluding hydrogens is 775 g/mol. The van der Waals surface area contributed by atoms with Gasteiger partial charge in [0, 0.05) is 12.1 Å². The number of carbonyl (C=O) groups is 1. The Morgan fingerprint density at radius 2 is 0.643 bits per heavy atom. The van der Waals surface area contributed by atoms with Crippen LogP contribution in [0.2, 0.25) is 0 Å². The number of non-ortho nitro benzene ring substituents is 2. The fraction of sp³-hybridized carbons (Fsp3) is 0.0976. The largest absolute Gasteiger partial charge is 1.00 e. The van der Waals surface area contributed by atoms with Crippen LogP contribution in [0.25, 0.3) is 0 Å². The number of benzene rings is 6. The minimum Gasteiger partial charge on any atom is -0.652 e. The molecule has 0 aromatic heterocycles. The van der Waals surface area contributed by atoms with E-state index in [1.807, 2.05) is 121 Å². The van der Waals surface area contributed by atoms with Crippen molar-refractivity contribution in [2.24, 2.45) is 0 Å². The van der Waals surface area contributed by atoms with E-state index < -0.39 is 16.0 Å². The first kappa shape index (κ1) is 48.0. The van der Waals surface area contributed by atoms with Crippen LogP contribution >= 0.6 is 0 Å². The smallest absolute Gasteiger partial charge is 0.652 e. The van der Waals surface area contributed by atoms with E-state index in [0.717, 1.165) is 22.3 Å². The summed E-state index contributed by atoms with van der Waals surface area (Å²) in [6.07, 6.45) is -2.33. The van der Waals surface area contributed by atoms with Gasteiger partial charge in [-0.05, 0) is 40.5 Å². The van der Waals surface area contributed by atoms with Gasteiger partial charge in [-0.15, -0.1) is 0 Å². The molecule has 0 bridgehead atoms. The summed E-state index contributed by atoms with van der Waals surface area (Å²) in [6, 6.07) is 47.4. The summed E-state index contributed by atoms with van der Waals surface area (Å²) < 4.78 is 23.1. The Hall–Kier alpha value is -4.14. The number of nitrogens with zero attached hydrogens (tertiary/aromatic N) is 2. The summed E-state index contributed by atoms with van der Waals surface area (Å²) in [5.74, 6) is 1.67. The zero-order valence-electron chi connectivity index (χ0n) is 30.7. The molecule has 0 aliphatic carbocycles. The van der Waals surface area contributed by atoms with Crippen molar-refractivity contribution in [3.8, 4) is 23.0 Å². The van der Waals surface area contributed by atoms with Gasteiger partial charge in [0.1, 0.15) is 26.4 Å². The number of hydrogen-bond acceptors (Lipinski definition) is 11. The van der Waals surface area contributed by atoms with Gasteiger partial charge in [0.25, 0.3) is 11.4 Å². The molecule has 0 atom stereocenters. The zero-order valence-corrected chi connectivity index (χ0v) is 37.0. The van der Waals surface area contributed by atoms with Gasteiger partial charge < -0.3 is 34.0 Å². The molecule has 0 amide bonds. The van der Waals surface area contributed by atoms with E-state index in [4.69, 9.17) is 34.0 Å². The maximum absolute atomic E-state index is 11.0. The summed E-state index contributed by atoms with van der Waals surface area (Å²) in [5.41, 5.74) is 3.90. The van der Waals surface area contributed by atoms with Crippen molar-refractivity contribution in [1.82, 2.24) is 0 Å². The second kappa shape index (κ2) is 26.7. The summed E-state index contributed by atoms with van der Waals surface area (Å²) in [7, 11) is 0. The Balaban J connectivity index is 0.000000342. The molecule has 0 radical (unpaired) electrons. The minimum absolute atomic E-state index is 0. The molecule has 276 valence electrons. The van der Waals surface area contributed by atoms with Crippen LogP contribution in [0, 0.1) is 20.2 Å². The Bertz CT molecular complexity index is 1930. The van der Waals surface area contributed by atoms with Crippen molar-refractivity contribution >= 4 is 17.5 Å². The van der Waals surface area contributed by atoms with Crippen LogP contribution in [0.1, 0.15) is 22.3 Å². The zero-order chi connectivity index (χ0) is 38.5. The van der Waals surface area contributed by atoms with Crippen LogP contribution in [0.5, 0.6) is 23.0 Å². The number of nitro benzene ring substituents is 2. The number of nitro groups is 2. The molecule has 0 saturated carbocycles. The van der Waals surface area contributed by atoms with E-state index in [2.05, 4.69) is 0 Å². The first-order valence-corrected chi connectivity index (χ1v) is 16.3.